The van der Waals surface area contributed by atoms with Gasteiger partial charge in [0.1, 0.15) is 17.6 Å². The van der Waals surface area contributed by atoms with Gasteiger partial charge in [-0.15, -0.1) is 0 Å². The third kappa shape index (κ3) is 5.02. The molecule has 1 N–H and O–H groups in total. The van der Waals surface area contributed by atoms with E-state index in [2.05, 4.69) is 15.3 Å². The molecule has 154 valence electrons. The molecule has 0 unspecified atom stereocenters. The fraction of sp³-hybridized carbons (Fsp3) is 0.227. The molecule has 1 atom stereocenters. The third-order valence-corrected chi connectivity index (χ3v) is 4.69. The molecule has 30 heavy (non-hydrogen) atoms. The van der Waals surface area contributed by atoms with E-state index in [4.69, 9.17) is 9.47 Å². The van der Waals surface area contributed by atoms with Gasteiger partial charge in [0.25, 0.3) is 0 Å². The Hall–Kier alpha value is -3.68. The number of hydrogen-bond acceptors (Lipinski definition) is 5. The number of nitrogens with one attached hydrogen (secondary N) is 1. The lowest BCUT2D eigenvalue weighted by Crippen LogP contribution is -2.39. The van der Waals surface area contributed by atoms with Crippen molar-refractivity contribution in [2.24, 2.45) is 0 Å². The van der Waals surface area contributed by atoms with Gasteiger partial charge in [0.05, 0.1) is 12.7 Å². The summed E-state index contributed by atoms with van der Waals surface area (Å²) >= 11 is 0. The summed E-state index contributed by atoms with van der Waals surface area (Å²) in [5, 5.41) is 2.83. The molecule has 3 heterocycles. The van der Waals surface area contributed by atoms with E-state index >= 15 is 0 Å². The molecule has 2 amide bonds. The van der Waals surface area contributed by atoms with Crippen LogP contribution in [0, 0.1) is 5.82 Å². The van der Waals surface area contributed by atoms with E-state index in [0.29, 0.717) is 24.4 Å². The summed E-state index contributed by atoms with van der Waals surface area (Å²) in [7, 11) is 0. The number of carbonyl (C=O) groups excluding carboxylic acids is 1. The summed E-state index contributed by atoms with van der Waals surface area (Å²) in [6, 6.07) is 11.4. The highest BCUT2D eigenvalue weighted by Crippen LogP contribution is 2.24. The van der Waals surface area contributed by atoms with Crippen molar-refractivity contribution in [1.29, 1.82) is 0 Å². The van der Waals surface area contributed by atoms with E-state index in [1.165, 1.54) is 18.3 Å². The molecule has 8 heteroatoms. The van der Waals surface area contributed by atoms with Gasteiger partial charge in [-0.3, -0.25) is 9.97 Å². The Morgan fingerprint density at radius 2 is 2.00 bits per heavy atom. The zero-order valence-corrected chi connectivity index (χ0v) is 16.2. The first-order valence-corrected chi connectivity index (χ1v) is 9.63. The van der Waals surface area contributed by atoms with Crippen LogP contribution >= 0.6 is 0 Å². The van der Waals surface area contributed by atoms with Gasteiger partial charge >= 0.3 is 6.03 Å². The molecular weight excluding hydrogens is 387 g/mol. The molecule has 2 aromatic heterocycles. The summed E-state index contributed by atoms with van der Waals surface area (Å²) in [6.07, 6.45) is 7.16. The number of carbonyl (C=O) groups is 1. The Labute approximate surface area is 173 Å². The highest BCUT2D eigenvalue weighted by atomic mass is 19.1. The monoisotopic (exact) mass is 408 g/mol. The number of hydrogen-bond donors (Lipinski definition) is 1. The quantitative estimate of drug-likeness (QED) is 0.672. The van der Waals surface area contributed by atoms with Crippen molar-refractivity contribution in [3.63, 3.8) is 0 Å². The lowest BCUT2D eigenvalue weighted by Gasteiger charge is -2.18. The summed E-state index contributed by atoms with van der Waals surface area (Å²) in [6.45, 7) is 1.32. The Kier molecular flexibility index (Phi) is 6.03. The summed E-state index contributed by atoms with van der Waals surface area (Å²) in [4.78, 5) is 22.0. The van der Waals surface area contributed by atoms with Crippen LogP contribution in [0.4, 0.5) is 9.18 Å². The first-order valence-electron chi connectivity index (χ1n) is 9.63. The standard InChI is InChI=1S/C22H21FN4O3/c23-20-12-16(3-4-21(20)30-18-2-1-8-25-14-18)13-26-22(28)27-11-7-19(15-27)29-17-5-9-24-10-6-17/h1-6,8-10,12,14,19H,7,11,13,15H2,(H,26,28)/t19-/m1/s1. The van der Waals surface area contributed by atoms with Gasteiger partial charge in [-0.1, -0.05) is 6.07 Å². The predicted octanol–water partition coefficient (Wildman–Crippen LogP) is 3.77. The third-order valence-electron chi connectivity index (χ3n) is 4.69. The van der Waals surface area contributed by atoms with Gasteiger partial charge in [-0.05, 0) is 42.0 Å². The van der Waals surface area contributed by atoms with E-state index in [1.54, 1.807) is 53.8 Å². The topological polar surface area (TPSA) is 76.6 Å². The van der Waals surface area contributed by atoms with Crippen LogP contribution in [0.1, 0.15) is 12.0 Å². The second-order valence-electron chi connectivity index (χ2n) is 6.87. The molecule has 0 spiro atoms. The van der Waals surface area contributed by atoms with E-state index in [-0.39, 0.29) is 24.4 Å². The van der Waals surface area contributed by atoms with Crippen LogP contribution in [0.15, 0.2) is 67.3 Å². The fourth-order valence-corrected chi connectivity index (χ4v) is 3.18. The van der Waals surface area contributed by atoms with Crippen molar-refractivity contribution in [2.75, 3.05) is 13.1 Å². The molecule has 1 fully saturated rings. The van der Waals surface area contributed by atoms with Gasteiger partial charge in [0, 0.05) is 38.1 Å². The van der Waals surface area contributed by atoms with Crippen molar-refractivity contribution in [3.05, 3.63) is 78.6 Å². The van der Waals surface area contributed by atoms with Crippen LogP contribution in [-0.4, -0.2) is 40.1 Å². The predicted molar refractivity (Wildman–Crippen MR) is 108 cm³/mol. The fourth-order valence-electron chi connectivity index (χ4n) is 3.18. The molecule has 1 saturated heterocycles. The molecule has 0 aliphatic carbocycles. The summed E-state index contributed by atoms with van der Waals surface area (Å²) < 4.78 is 25.7. The molecule has 7 nitrogen and oxygen atoms in total. The number of benzene rings is 1. The van der Waals surface area contributed by atoms with E-state index in [0.717, 1.165) is 12.2 Å². The Balaban J connectivity index is 1.27. The van der Waals surface area contributed by atoms with E-state index in [9.17, 15) is 9.18 Å². The first-order chi connectivity index (χ1) is 14.7. The number of amides is 2. The largest absolute Gasteiger partial charge is 0.488 e. The van der Waals surface area contributed by atoms with Crippen molar-refractivity contribution >= 4 is 6.03 Å². The Bertz CT molecular complexity index is 988. The highest BCUT2D eigenvalue weighted by Gasteiger charge is 2.27. The maximum Gasteiger partial charge on any atom is 0.317 e. The molecule has 1 aliphatic rings. The van der Waals surface area contributed by atoms with Gasteiger partial charge in [0.2, 0.25) is 0 Å². The van der Waals surface area contributed by atoms with Gasteiger partial charge in [-0.2, -0.15) is 0 Å². The number of aromatic nitrogens is 2. The molecule has 1 aromatic carbocycles. The molecule has 0 bridgehead atoms. The van der Waals surface area contributed by atoms with Crippen LogP contribution in [0.2, 0.25) is 0 Å². The minimum absolute atomic E-state index is 0.0560. The number of urea groups is 1. The maximum atomic E-state index is 14.3. The minimum Gasteiger partial charge on any atom is -0.488 e. The van der Waals surface area contributed by atoms with Crippen molar-refractivity contribution in [2.45, 2.75) is 19.1 Å². The van der Waals surface area contributed by atoms with Crippen molar-refractivity contribution < 1.29 is 18.7 Å². The van der Waals surface area contributed by atoms with Crippen molar-refractivity contribution in [3.8, 4) is 17.2 Å². The molecule has 0 radical (unpaired) electrons. The Morgan fingerprint density at radius 3 is 2.77 bits per heavy atom. The zero-order valence-electron chi connectivity index (χ0n) is 16.2. The van der Waals surface area contributed by atoms with Gasteiger partial charge < -0.3 is 19.7 Å². The molecular formula is C22H21FN4O3. The molecule has 4 rings (SSSR count). The van der Waals surface area contributed by atoms with Crippen LogP contribution in [-0.2, 0) is 6.54 Å². The maximum absolute atomic E-state index is 14.3. The van der Waals surface area contributed by atoms with Crippen LogP contribution in [0.25, 0.3) is 0 Å². The number of pyridine rings is 2. The first kappa shape index (κ1) is 19.6. The number of likely N-dealkylation sites (tertiary alicyclic amines) is 1. The Morgan fingerprint density at radius 1 is 1.13 bits per heavy atom. The number of nitrogens with zero attached hydrogens (tertiary/aromatic N) is 3. The zero-order chi connectivity index (χ0) is 20.8. The molecule has 3 aromatic rings. The van der Waals surface area contributed by atoms with E-state index < -0.39 is 5.82 Å². The smallest absolute Gasteiger partial charge is 0.317 e. The highest BCUT2D eigenvalue weighted by molar-refractivity contribution is 5.74. The summed E-state index contributed by atoms with van der Waals surface area (Å²) in [5.41, 5.74) is 0.642. The normalized spacial score (nSPS) is 15.6. The summed E-state index contributed by atoms with van der Waals surface area (Å²) in [5.74, 6) is 0.794. The number of ether oxygens (including phenoxy) is 2. The molecule has 1 aliphatic heterocycles. The van der Waals surface area contributed by atoms with Crippen LogP contribution in [0.5, 0.6) is 17.2 Å². The second-order valence-corrected chi connectivity index (χ2v) is 6.87. The van der Waals surface area contributed by atoms with E-state index in [1.807, 2.05) is 0 Å². The SMILES string of the molecule is O=C(NCc1ccc(Oc2cccnc2)c(F)c1)N1CC[C@@H](Oc2ccncc2)C1. The molecule has 0 saturated carbocycles. The lowest BCUT2D eigenvalue weighted by molar-refractivity contribution is 0.186. The second kappa shape index (κ2) is 9.21. The van der Waals surface area contributed by atoms with Gasteiger partial charge in [-0.25, -0.2) is 9.18 Å². The van der Waals surface area contributed by atoms with Crippen LogP contribution < -0.4 is 14.8 Å². The number of halogens is 1. The average molecular weight is 408 g/mol. The average Bonchev–Trinajstić information content (AvgIpc) is 3.24. The number of rotatable bonds is 6. The van der Waals surface area contributed by atoms with Crippen LogP contribution in [0.3, 0.4) is 0 Å². The van der Waals surface area contributed by atoms with Crippen molar-refractivity contribution in [1.82, 2.24) is 20.2 Å². The van der Waals surface area contributed by atoms with Gasteiger partial charge in [0.15, 0.2) is 11.6 Å². The lowest BCUT2D eigenvalue weighted by atomic mass is 10.2. The minimum atomic E-state index is -0.502.